The van der Waals surface area contributed by atoms with Crippen LogP contribution in [-0.4, -0.2) is 7.11 Å². The third kappa shape index (κ3) is 5.09. The van der Waals surface area contributed by atoms with Crippen LogP contribution in [0.2, 0.25) is 0 Å². The summed E-state index contributed by atoms with van der Waals surface area (Å²) >= 11 is 7.61. The average Bonchev–Trinajstić information content (AvgIpc) is 1.38. The van der Waals surface area contributed by atoms with Gasteiger partial charge in [-0.15, -0.1) is 24.5 Å². The Balaban J connectivity index is 2.54. The summed E-state index contributed by atoms with van der Waals surface area (Å²) in [6.45, 7) is -0.709. The third-order valence-electron chi connectivity index (χ3n) is 0.163. The van der Waals surface area contributed by atoms with Crippen molar-refractivity contribution < 1.29 is 4.52 Å². The second kappa shape index (κ2) is 3.29. The van der Waals surface area contributed by atoms with Gasteiger partial charge in [0.05, 0.1) is 0 Å². The van der Waals surface area contributed by atoms with Crippen LogP contribution in [0.3, 0.4) is 0 Å². The third-order valence-corrected chi connectivity index (χ3v) is 1.47. The van der Waals surface area contributed by atoms with Crippen molar-refractivity contribution in [3.63, 3.8) is 0 Å². The predicted molar refractivity (Wildman–Crippen MR) is 31.9 cm³/mol. The molecule has 0 aliphatic rings. The van der Waals surface area contributed by atoms with Crippen molar-refractivity contribution in [1.82, 2.24) is 0 Å². The maximum atomic E-state index is 4.54. The van der Waals surface area contributed by atoms with Crippen molar-refractivity contribution in [2.75, 3.05) is 7.11 Å². The lowest BCUT2D eigenvalue weighted by molar-refractivity contribution is 0.482. The zero-order valence-corrected chi connectivity index (χ0v) is 5.43. The zero-order chi connectivity index (χ0) is 4.28. The van der Waals surface area contributed by atoms with Crippen molar-refractivity contribution >= 4 is 31.0 Å². The number of hydrogen-bond acceptors (Lipinski definition) is 3. The van der Waals surface area contributed by atoms with Gasteiger partial charge < -0.3 is 4.52 Å². The first-order valence-corrected chi connectivity index (χ1v) is 4.56. The van der Waals surface area contributed by atoms with Crippen LogP contribution in [0.15, 0.2) is 0 Å². The van der Waals surface area contributed by atoms with E-state index in [1.165, 1.54) is 0 Å². The molecule has 0 bridgehead atoms. The van der Waals surface area contributed by atoms with Gasteiger partial charge in [-0.3, -0.25) is 0 Å². The Morgan fingerprint density at radius 1 is 1.60 bits per heavy atom. The minimum atomic E-state index is -0.709. The Morgan fingerprint density at radius 3 is 1.80 bits per heavy atom. The van der Waals surface area contributed by atoms with Crippen LogP contribution >= 0.6 is 31.0 Å². The molecule has 0 saturated carbocycles. The fraction of sp³-hybridized carbons (Fsp3) is 1.00. The fourth-order valence-corrected chi connectivity index (χ4v) is 0. The first kappa shape index (κ1) is 6.09. The molecule has 0 saturated heterocycles. The molecule has 0 heterocycles. The van der Waals surface area contributed by atoms with E-state index in [9.17, 15) is 0 Å². The molecule has 0 aromatic heterocycles. The van der Waals surface area contributed by atoms with E-state index in [0.29, 0.717) is 0 Å². The van der Waals surface area contributed by atoms with E-state index >= 15 is 0 Å². The predicted octanol–water partition coefficient (Wildman–Crippen LogP) is 1.72. The zero-order valence-electron chi connectivity index (χ0n) is 2.75. The minimum Gasteiger partial charge on any atom is -0.343 e. The second-order valence-electron chi connectivity index (χ2n) is 0.435. The van der Waals surface area contributed by atoms with Gasteiger partial charge in [-0.25, -0.2) is 0 Å². The summed E-state index contributed by atoms with van der Waals surface area (Å²) in [6, 6.07) is 0. The lowest BCUT2D eigenvalue weighted by Crippen LogP contribution is -1.52. The number of rotatable bonds is 1. The Kier molecular flexibility index (Phi) is 4.00. The number of hydrogen-bond donors (Lipinski definition) is 2. The van der Waals surface area contributed by atoms with Crippen LogP contribution in [0.4, 0.5) is 0 Å². The van der Waals surface area contributed by atoms with Gasteiger partial charge in [0, 0.05) is 7.11 Å². The maximum Gasteiger partial charge on any atom is 0.145 e. The maximum absolute atomic E-state index is 4.54. The molecule has 1 nitrogen and oxygen atoms in total. The van der Waals surface area contributed by atoms with Crippen LogP contribution in [0.25, 0.3) is 0 Å². The van der Waals surface area contributed by atoms with Crippen LogP contribution in [0, 0.1) is 0 Å². The highest BCUT2D eigenvalue weighted by molar-refractivity contribution is 8.76. The monoisotopic (exact) mass is 128 g/mol. The van der Waals surface area contributed by atoms with E-state index in [4.69, 9.17) is 0 Å². The molecule has 5 heavy (non-hydrogen) atoms. The number of thiol groups is 2. The SMILES string of the molecule is COP(S)S. The lowest BCUT2D eigenvalue weighted by Gasteiger charge is -1.91. The molecule has 0 aromatic rings. The van der Waals surface area contributed by atoms with Gasteiger partial charge in [0.15, 0.2) is 0 Å². The van der Waals surface area contributed by atoms with Gasteiger partial charge in [0.1, 0.15) is 6.55 Å². The van der Waals surface area contributed by atoms with Crippen LogP contribution in [0.5, 0.6) is 0 Å². The molecule has 0 N–H and O–H groups in total. The van der Waals surface area contributed by atoms with Gasteiger partial charge in [-0.2, -0.15) is 0 Å². The summed E-state index contributed by atoms with van der Waals surface area (Å²) in [5.41, 5.74) is 0. The molecule has 0 aromatic carbocycles. The van der Waals surface area contributed by atoms with Gasteiger partial charge >= 0.3 is 0 Å². The molecule has 32 valence electrons. The van der Waals surface area contributed by atoms with Gasteiger partial charge in [0.2, 0.25) is 0 Å². The largest absolute Gasteiger partial charge is 0.343 e. The molecule has 0 fully saturated rings. The van der Waals surface area contributed by atoms with Crippen molar-refractivity contribution in [2.45, 2.75) is 0 Å². The highest BCUT2D eigenvalue weighted by Gasteiger charge is 1.81. The van der Waals surface area contributed by atoms with E-state index in [0.717, 1.165) is 0 Å². The van der Waals surface area contributed by atoms with Crippen molar-refractivity contribution in [3.05, 3.63) is 0 Å². The summed E-state index contributed by atoms with van der Waals surface area (Å²) in [6.07, 6.45) is 0. The van der Waals surface area contributed by atoms with Gasteiger partial charge in [0.25, 0.3) is 0 Å². The first-order valence-electron chi connectivity index (χ1n) is 0.991. The second-order valence-corrected chi connectivity index (χ2v) is 4.43. The van der Waals surface area contributed by atoms with E-state index < -0.39 is 6.55 Å². The summed E-state index contributed by atoms with van der Waals surface area (Å²) < 4.78 is 4.54. The van der Waals surface area contributed by atoms with Crippen molar-refractivity contribution in [3.8, 4) is 0 Å². The molecular weight excluding hydrogens is 123 g/mol. The molecular formula is CH5OPS2. The van der Waals surface area contributed by atoms with Crippen LogP contribution < -0.4 is 0 Å². The van der Waals surface area contributed by atoms with Crippen LogP contribution in [0.1, 0.15) is 0 Å². The lowest BCUT2D eigenvalue weighted by atomic mass is 11.8. The van der Waals surface area contributed by atoms with E-state index in [-0.39, 0.29) is 0 Å². The molecule has 0 radical (unpaired) electrons. The molecule has 0 aliphatic heterocycles. The molecule has 4 heteroatoms. The van der Waals surface area contributed by atoms with Crippen molar-refractivity contribution in [2.24, 2.45) is 0 Å². The summed E-state index contributed by atoms with van der Waals surface area (Å²) in [4.78, 5) is 0. The minimum absolute atomic E-state index is 0.709. The average molecular weight is 128 g/mol. The van der Waals surface area contributed by atoms with Crippen LogP contribution in [-0.2, 0) is 4.52 Å². The topological polar surface area (TPSA) is 9.23 Å². The summed E-state index contributed by atoms with van der Waals surface area (Å²) in [5.74, 6) is 0. The highest BCUT2D eigenvalue weighted by Crippen LogP contribution is 2.44. The normalized spacial score (nSPS) is 9.60. The van der Waals surface area contributed by atoms with E-state index in [1.807, 2.05) is 0 Å². The Bertz CT molecular complexity index is 23.6. The molecule has 0 rings (SSSR count). The molecule has 0 spiro atoms. The molecule has 0 amide bonds. The quantitative estimate of drug-likeness (QED) is 0.404. The fourth-order valence-electron chi connectivity index (χ4n) is 0. The Morgan fingerprint density at radius 2 is 1.80 bits per heavy atom. The molecule has 0 unspecified atom stereocenters. The standard InChI is InChI=1S/CH5OPS2/c1-2-3(4)5/h4-5H,1H3. The molecule has 0 atom stereocenters. The van der Waals surface area contributed by atoms with Gasteiger partial charge in [-0.05, 0) is 0 Å². The van der Waals surface area contributed by atoms with E-state index in [2.05, 4.69) is 29.0 Å². The van der Waals surface area contributed by atoms with Crippen molar-refractivity contribution in [1.29, 1.82) is 0 Å². The Labute approximate surface area is 43.2 Å². The summed E-state index contributed by atoms with van der Waals surface area (Å²) in [5, 5.41) is 0. The van der Waals surface area contributed by atoms with Gasteiger partial charge in [-0.1, -0.05) is 0 Å². The molecule has 0 aliphatic carbocycles. The van der Waals surface area contributed by atoms with E-state index in [1.54, 1.807) is 7.11 Å². The first-order chi connectivity index (χ1) is 2.27. The Hall–Kier alpha value is 1.09. The highest BCUT2D eigenvalue weighted by atomic mass is 33.1. The smallest absolute Gasteiger partial charge is 0.145 e. The summed E-state index contributed by atoms with van der Waals surface area (Å²) in [7, 11) is 1.58.